The number of carbonyl (C=O) groups excluding carboxylic acids is 1. The summed E-state index contributed by atoms with van der Waals surface area (Å²) in [4.78, 5) is 27.1. The van der Waals surface area contributed by atoms with Crippen LogP contribution in [0.2, 0.25) is 0 Å². The van der Waals surface area contributed by atoms with Gasteiger partial charge in [-0.1, -0.05) is 104 Å². The van der Waals surface area contributed by atoms with Crippen molar-refractivity contribution in [3.63, 3.8) is 0 Å². The predicted molar refractivity (Wildman–Crippen MR) is 135 cm³/mol. The molecule has 0 fully saturated rings. The molecule has 0 saturated heterocycles. The summed E-state index contributed by atoms with van der Waals surface area (Å²) in [6, 6.07) is 0. The topological polar surface area (TPSA) is 70.2 Å². The zero-order chi connectivity index (χ0) is 23.8. The molecule has 0 saturated carbocycles. The van der Waals surface area contributed by atoms with Gasteiger partial charge >= 0.3 is 5.97 Å². The Labute approximate surface area is 197 Å². The summed E-state index contributed by atoms with van der Waals surface area (Å²) < 4.78 is 0. The lowest BCUT2D eigenvalue weighted by atomic mass is 9.97. The maximum absolute atomic E-state index is 12.7. The lowest BCUT2D eigenvalue weighted by Gasteiger charge is -2.06. The first-order valence-electron chi connectivity index (χ1n) is 13.3. The van der Waals surface area contributed by atoms with Crippen molar-refractivity contribution < 1.29 is 14.7 Å². The van der Waals surface area contributed by atoms with Gasteiger partial charge in [-0.3, -0.25) is 9.59 Å². The van der Waals surface area contributed by atoms with Crippen LogP contribution in [0.3, 0.4) is 0 Å². The fourth-order valence-electron chi connectivity index (χ4n) is 4.61. The van der Waals surface area contributed by atoms with E-state index in [-0.39, 0.29) is 5.78 Å². The molecular formula is C28H49NO3. The normalized spacial score (nSPS) is 12.2. The van der Waals surface area contributed by atoms with Gasteiger partial charge in [0.05, 0.1) is 5.92 Å². The average molecular weight is 448 g/mol. The fourth-order valence-corrected chi connectivity index (χ4v) is 4.61. The number of carboxylic acids is 1. The summed E-state index contributed by atoms with van der Waals surface area (Å²) in [5, 5.41) is 9.14. The molecule has 1 unspecified atom stereocenters. The van der Waals surface area contributed by atoms with Crippen LogP contribution < -0.4 is 0 Å². The van der Waals surface area contributed by atoms with Gasteiger partial charge in [0.1, 0.15) is 0 Å². The number of aryl methyl sites for hydroxylation is 1. The molecule has 1 rings (SSSR count). The van der Waals surface area contributed by atoms with Gasteiger partial charge in [0, 0.05) is 29.8 Å². The van der Waals surface area contributed by atoms with E-state index in [0.29, 0.717) is 12.8 Å². The minimum atomic E-state index is -0.803. The van der Waals surface area contributed by atoms with E-state index >= 15 is 0 Å². The van der Waals surface area contributed by atoms with Crippen LogP contribution in [0, 0.1) is 19.8 Å². The molecule has 0 aromatic carbocycles. The van der Waals surface area contributed by atoms with Crippen LogP contribution in [-0.2, 0) is 11.2 Å². The van der Waals surface area contributed by atoms with Gasteiger partial charge in [-0.05, 0) is 25.8 Å². The van der Waals surface area contributed by atoms with Crippen LogP contribution in [-0.4, -0.2) is 21.8 Å². The molecule has 4 heteroatoms. The van der Waals surface area contributed by atoms with Gasteiger partial charge in [0.15, 0.2) is 5.78 Å². The number of carbonyl (C=O) groups is 2. The molecule has 1 aromatic rings. The summed E-state index contributed by atoms with van der Waals surface area (Å²) in [7, 11) is 0. The number of rotatable bonds is 20. The number of unbranched alkanes of at least 4 members (excludes halogenated alkanes) is 14. The predicted octanol–water partition coefficient (Wildman–Crippen LogP) is 8.34. The summed E-state index contributed by atoms with van der Waals surface area (Å²) in [6.45, 7) is 7.83. The van der Waals surface area contributed by atoms with Crippen LogP contribution in [0.25, 0.3) is 0 Å². The van der Waals surface area contributed by atoms with Gasteiger partial charge < -0.3 is 10.1 Å². The number of H-pyrrole nitrogens is 1. The highest BCUT2D eigenvalue weighted by Gasteiger charge is 2.20. The summed E-state index contributed by atoms with van der Waals surface area (Å²) in [5.41, 5.74) is 3.47. The highest BCUT2D eigenvalue weighted by Crippen LogP contribution is 2.23. The first-order chi connectivity index (χ1) is 15.4. The third kappa shape index (κ3) is 11.3. The van der Waals surface area contributed by atoms with Crippen molar-refractivity contribution in [3.8, 4) is 0 Å². The van der Waals surface area contributed by atoms with Gasteiger partial charge in [0.25, 0.3) is 0 Å². The highest BCUT2D eigenvalue weighted by molar-refractivity contribution is 5.98. The minimum Gasteiger partial charge on any atom is -0.481 e. The Bertz CT molecular complexity index is 662. The monoisotopic (exact) mass is 447 g/mol. The van der Waals surface area contributed by atoms with E-state index in [4.69, 9.17) is 5.11 Å². The van der Waals surface area contributed by atoms with E-state index in [9.17, 15) is 9.59 Å². The maximum atomic E-state index is 12.7. The number of hydrogen-bond donors (Lipinski definition) is 2. The van der Waals surface area contributed by atoms with E-state index in [2.05, 4.69) is 11.9 Å². The van der Waals surface area contributed by atoms with Gasteiger partial charge in [-0.2, -0.15) is 0 Å². The lowest BCUT2D eigenvalue weighted by Crippen LogP contribution is -2.13. The van der Waals surface area contributed by atoms with Crippen LogP contribution in [0.15, 0.2) is 0 Å². The Morgan fingerprint density at radius 2 is 1.22 bits per heavy atom. The molecule has 32 heavy (non-hydrogen) atoms. The average Bonchev–Trinajstić information content (AvgIpc) is 3.03. The molecule has 0 aliphatic heterocycles. The van der Waals surface area contributed by atoms with Gasteiger partial charge in [-0.15, -0.1) is 0 Å². The second-order valence-corrected chi connectivity index (χ2v) is 9.79. The molecule has 1 heterocycles. The SMILES string of the molecule is CCCCCCCCCCCCCCCCCC(=O)c1c(C)[nH]c(CC(C)C(=O)O)c1C. The Hall–Kier alpha value is -1.58. The van der Waals surface area contributed by atoms with Gasteiger partial charge in [-0.25, -0.2) is 0 Å². The third-order valence-corrected chi connectivity index (χ3v) is 6.76. The molecule has 1 aromatic heterocycles. The fraction of sp³-hybridized carbons (Fsp3) is 0.786. The number of aromatic nitrogens is 1. The Morgan fingerprint density at radius 1 is 0.781 bits per heavy atom. The first kappa shape index (κ1) is 28.5. The standard InChI is InChI=1S/C28H49NO3/c1-5-6-7-8-9-10-11-12-13-14-15-16-17-18-19-20-26(30)27-23(3)25(29-24(27)4)21-22(2)28(31)32/h22,29H,5-21H2,1-4H3,(H,31,32). The lowest BCUT2D eigenvalue weighted by molar-refractivity contribution is -0.141. The number of aromatic amines is 1. The van der Waals surface area contributed by atoms with Crippen LogP contribution in [0.1, 0.15) is 144 Å². The van der Waals surface area contributed by atoms with E-state index in [1.165, 1.54) is 83.5 Å². The second-order valence-electron chi connectivity index (χ2n) is 9.79. The number of hydrogen-bond acceptors (Lipinski definition) is 2. The molecule has 0 bridgehead atoms. The van der Waals surface area contributed by atoms with E-state index < -0.39 is 11.9 Å². The van der Waals surface area contributed by atoms with Crippen LogP contribution in [0.4, 0.5) is 0 Å². The summed E-state index contributed by atoms with van der Waals surface area (Å²) in [6.07, 6.45) is 20.9. The molecule has 0 radical (unpaired) electrons. The zero-order valence-corrected chi connectivity index (χ0v) is 21.4. The maximum Gasteiger partial charge on any atom is 0.306 e. The number of Topliss-reactive ketones (excluding diaryl/α,β-unsaturated/α-hetero) is 1. The molecule has 0 aliphatic rings. The number of ketones is 1. The molecule has 184 valence electrons. The highest BCUT2D eigenvalue weighted by atomic mass is 16.4. The van der Waals surface area contributed by atoms with Crippen molar-refractivity contribution in [1.82, 2.24) is 4.98 Å². The minimum absolute atomic E-state index is 0.195. The van der Waals surface area contributed by atoms with Crippen molar-refractivity contribution in [2.24, 2.45) is 5.92 Å². The molecule has 2 N–H and O–H groups in total. The smallest absolute Gasteiger partial charge is 0.306 e. The first-order valence-corrected chi connectivity index (χ1v) is 13.3. The van der Waals surface area contributed by atoms with E-state index in [1.807, 2.05) is 13.8 Å². The summed E-state index contributed by atoms with van der Waals surface area (Å²) >= 11 is 0. The van der Waals surface area contributed by atoms with Crippen molar-refractivity contribution in [2.45, 2.75) is 137 Å². The number of nitrogens with one attached hydrogen (secondary N) is 1. The molecule has 0 spiro atoms. The van der Waals surface area contributed by atoms with Crippen LogP contribution >= 0.6 is 0 Å². The molecule has 1 atom stereocenters. The van der Waals surface area contributed by atoms with E-state index in [1.54, 1.807) is 6.92 Å². The Morgan fingerprint density at radius 3 is 1.66 bits per heavy atom. The molecule has 4 nitrogen and oxygen atoms in total. The second kappa shape index (κ2) is 17.0. The van der Waals surface area contributed by atoms with Crippen molar-refractivity contribution in [2.75, 3.05) is 0 Å². The van der Waals surface area contributed by atoms with Crippen molar-refractivity contribution >= 4 is 11.8 Å². The summed E-state index contributed by atoms with van der Waals surface area (Å²) in [5.74, 6) is -1.06. The van der Waals surface area contributed by atoms with Crippen molar-refractivity contribution in [1.29, 1.82) is 0 Å². The van der Waals surface area contributed by atoms with Gasteiger partial charge in [0.2, 0.25) is 0 Å². The third-order valence-electron chi connectivity index (χ3n) is 6.76. The van der Waals surface area contributed by atoms with Crippen LogP contribution in [0.5, 0.6) is 0 Å². The quantitative estimate of drug-likeness (QED) is 0.156. The number of aliphatic carboxylic acids is 1. The molecule has 0 aliphatic carbocycles. The van der Waals surface area contributed by atoms with Crippen molar-refractivity contribution in [3.05, 3.63) is 22.5 Å². The zero-order valence-electron chi connectivity index (χ0n) is 21.4. The Kier molecular flexibility index (Phi) is 15.1. The molecular weight excluding hydrogens is 398 g/mol. The largest absolute Gasteiger partial charge is 0.481 e. The Balaban J connectivity index is 2.10. The van der Waals surface area contributed by atoms with E-state index in [0.717, 1.165) is 35.4 Å². The number of carboxylic acid groups (broad SMARTS) is 1. The molecule has 0 amide bonds.